The molecule has 21 heavy (non-hydrogen) atoms. The minimum Gasteiger partial charge on any atom is -0.444 e. The lowest BCUT2D eigenvalue weighted by molar-refractivity contribution is 0.139. The van der Waals surface area contributed by atoms with Gasteiger partial charge in [0.15, 0.2) is 0 Å². The second kappa shape index (κ2) is 5.52. The molecule has 4 nitrogen and oxygen atoms in total. The van der Waals surface area contributed by atoms with Crippen LogP contribution in [0.4, 0.5) is 14.9 Å². The van der Waals surface area contributed by atoms with E-state index in [1.54, 1.807) is 36.7 Å². The quantitative estimate of drug-likeness (QED) is 0.865. The van der Waals surface area contributed by atoms with E-state index < -0.39 is 6.09 Å². The number of rotatable bonds is 3. The van der Waals surface area contributed by atoms with E-state index in [2.05, 4.69) is 4.98 Å². The van der Waals surface area contributed by atoms with Crippen molar-refractivity contribution in [2.75, 3.05) is 11.4 Å². The molecule has 1 amide bonds. The fourth-order valence-corrected chi connectivity index (χ4v) is 2.37. The predicted molar refractivity (Wildman–Crippen MR) is 77.5 cm³/mol. The summed E-state index contributed by atoms with van der Waals surface area (Å²) in [7, 11) is 0. The van der Waals surface area contributed by atoms with Crippen molar-refractivity contribution >= 4 is 11.8 Å². The lowest BCUT2D eigenvalue weighted by Gasteiger charge is -2.14. The van der Waals surface area contributed by atoms with Crippen molar-refractivity contribution < 1.29 is 13.9 Å². The zero-order valence-corrected chi connectivity index (χ0v) is 11.6. The van der Waals surface area contributed by atoms with Gasteiger partial charge >= 0.3 is 6.09 Å². The highest BCUT2D eigenvalue weighted by molar-refractivity contribution is 5.90. The molecular formula is C16H15FN2O2. The standard InChI is InChI=1S/C16H15FN2O2/c1-2-13-10-19(16(20)21-13)12-5-6-14(15(17)8-12)11-4-3-7-18-9-11/h3-9,13H,2,10H2,1H3/t13-/m0/s1. The highest BCUT2D eigenvalue weighted by Gasteiger charge is 2.31. The number of hydrogen-bond acceptors (Lipinski definition) is 3. The van der Waals surface area contributed by atoms with Crippen molar-refractivity contribution in [1.29, 1.82) is 0 Å². The van der Waals surface area contributed by atoms with Crippen LogP contribution in [-0.2, 0) is 4.74 Å². The molecule has 0 unspecified atom stereocenters. The van der Waals surface area contributed by atoms with Crippen LogP contribution < -0.4 is 4.90 Å². The van der Waals surface area contributed by atoms with Crippen LogP contribution in [0.1, 0.15) is 13.3 Å². The molecule has 0 N–H and O–H groups in total. The SMILES string of the molecule is CC[C@H]1CN(c2ccc(-c3cccnc3)c(F)c2)C(=O)O1. The molecule has 3 rings (SSSR count). The van der Waals surface area contributed by atoms with Gasteiger partial charge in [0.25, 0.3) is 0 Å². The Morgan fingerprint density at radius 3 is 2.90 bits per heavy atom. The van der Waals surface area contributed by atoms with E-state index in [1.165, 1.54) is 11.0 Å². The maximum Gasteiger partial charge on any atom is 0.414 e. The number of ether oxygens (including phenoxy) is 1. The van der Waals surface area contributed by atoms with Gasteiger partial charge in [0.1, 0.15) is 11.9 Å². The molecule has 0 radical (unpaired) electrons. The molecule has 1 aliphatic rings. The Morgan fingerprint density at radius 1 is 1.43 bits per heavy atom. The Hall–Kier alpha value is -2.43. The van der Waals surface area contributed by atoms with Gasteiger partial charge in [0, 0.05) is 23.5 Å². The first kappa shape index (κ1) is 13.5. The van der Waals surface area contributed by atoms with Crippen LogP contribution in [0.25, 0.3) is 11.1 Å². The number of nitrogens with zero attached hydrogens (tertiary/aromatic N) is 2. The van der Waals surface area contributed by atoms with Crippen LogP contribution in [0.15, 0.2) is 42.7 Å². The average molecular weight is 286 g/mol. The highest BCUT2D eigenvalue weighted by Crippen LogP contribution is 2.28. The lowest BCUT2D eigenvalue weighted by Crippen LogP contribution is -2.24. The minimum absolute atomic E-state index is 0.126. The van der Waals surface area contributed by atoms with E-state index in [1.807, 2.05) is 6.92 Å². The molecule has 0 saturated carbocycles. The molecule has 2 aromatic rings. The van der Waals surface area contributed by atoms with E-state index in [4.69, 9.17) is 4.74 Å². The summed E-state index contributed by atoms with van der Waals surface area (Å²) in [6.45, 7) is 2.41. The molecular weight excluding hydrogens is 271 g/mol. The van der Waals surface area contributed by atoms with Crippen LogP contribution in [0.3, 0.4) is 0 Å². The number of cyclic esters (lactones) is 1. The Kier molecular flexibility index (Phi) is 3.56. The van der Waals surface area contributed by atoms with Gasteiger partial charge in [-0.05, 0) is 30.7 Å². The van der Waals surface area contributed by atoms with Crippen molar-refractivity contribution in [3.05, 3.63) is 48.5 Å². The second-order valence-corrected chi connectivity index (χ2v) is 4.93. The largest absolute Gasteiger partial charge is 0.444 e. The summed E-state index contributed by atoms with van der Waals surface area (Å²) in [6, 6.07) is 8.30. The Bertz CT molecular complexity index is 661. The Morgan fingerprint density at radius 2 is 2.29 bits per heavy atom. The molecule has 0 bridgehead atoms. The van der Waals surface area contributed by atoms with Crippen LogP contribution in [0, 0.1) is 5.82 Å². The maximum atomic E-state index is 14.3. The number of anilines is 1. The number of halogens is 1. The van der Waals surface area contributed by atoms with Crippen LogP contribution in [-0.4, -0.2) is 23.7 Å². The summed E-state index contributed by atoms with van der Waals surface area (Å²) in [6.07, 6.45) is 3.45. The maximum absolute atomic E-state index is 14.3. The van der Waals surface area contributed by atoms with Crippen LogP contribution in [0.5, 0.6) is 0 Å². The zero-order valence-electron chi connectivity index (χ0n) is 11.6. The number of pyridine rings is 1. The van der Waals surface area contributed by atoms with E-state index in [0.717, 1.165) is 6.42 Å². The molecule has 108 valence electrons. The van der Waals surface area contributed by atoms with Crippen LogP contribution >= 0.6 is 0 Å². The predicted octanol–water partition coefficient (Wildman–Crippen LogP) is 3.62. The number of carbonyl (C=O) groups is 1. The summed E-state index contributed by atoms with van der Waals surface area (Å²) in [5, 5.41) is 0. The minimum atomic E-state index is -0.421. The normalized spacial score (nSPS) is 17.9. The van der Waals surface area contributed by atoms with Gasteiger partial charge in [0.2, 0.25) is 0 Å². The van der Waals surface area contributed by atoms with Gasteiger partial charge in [-0.2, -0.15) is 0 Å². The number of amides is 1. The number of benzene rings is 1. The summed E-state index contributed by atoms with van der Waals surface area (Å²) in [4.78, 5) is 17.2. The molecule has 1 fully saturated rings. The summed E-state index contributed by atoms with van der Waals surface area (Å²) < 4.78 is 19.5. The van der Waals surface area contributed by atoms with Crippen molar-refractivity contribution in [3.8, 4) is 11.1 Å². The molecule has 5 heteroatoms. The van der Waals surface area contributed by atoms with E-state index >= 15 is 0 Å². The van der Waals surface area contributed by atoms with Gasteiger partial charge in [-0.3, -0.25) is 9.88 Å². The number of aromatic nitrogens is 1. The van der Waals surface area contributed by atoms with E-state index in [9.17, 15) is 9.18 Å². The smallest absolute Gasteiger partial charge is 0.414 e. The molecule has 1 aliphatic heterocycles. The van der Waals surface area contributed by atoms with Crippen molar-refractivity contribution in [2.45, 2.75) is 19.4 Å². The number of carbonyl (C=O) groups excluding carboxylic acids is 1. The van der Waals surface area contributed by atoms with Crippen molar-refractivity contribution in [2.24, 2.45) is 0 Å². The van der Waals surface area contributed by atoms with Crippen molar-refractivity contribution in [1.82, 2.24) is 4.98 Å². The van der Waals surface area contributed by atoms with Gasteiger partial charge < -0.3 is 4.74 Å². The first-order chi connectivity index (χ1) is 10.2. The fraction of sp³-hybridized carbons (Fsp3) is 0.250. The third-order valence-corrected chi connectivity index (χ3v) is 3.57. The molecule has 1 saturated heterocycles. The van der Waals surface area contributed by atoms with E-state index in [-0.39, 0.29) is 11.9 Å². The van der Waals surface area contributed by atoms with Gasteiger partial charge in [0.05, 0.1) is 12.2 Å². The Balaban J connectivity index is 1.90. The summed E-state index contributed by atoms with van der Waals surface area (Å²) >= 11 is 0. The van der Waals surface area contributed by atoms with Gasteiger partial charge in [-0.15, -0.1) is 0 Å². The first-order valence-electron chi connectivity index (χ1n) is 6.87. The molecule has 0 aliphatic carbocycles. The topological polar surface area (TPSA) is 42.4 Å². The lowest BCUT2D eigenvalue weighted by atomic mass is 10.1. The fourth-order valence-electron chi connectivity index (χ4n) is 2.37. The summed E-state index contributed by atoms with van der Waals surface area (Å²) in [5.74, 6) is -0.381. The van der Waals surface area contributed by atoms with Gasteiger partial charge in [-0.1, -0.05) is 13.0 Å². The number of hydrogen-bond donors (Lipinski definition) is 0. The van der Waals surface area contributed by atoms with Crippen LogP contribution in [0.2, 0.25) is 0 Å². The molecule has 1 aromatic carbocycles. The molecule has 2 heterocycles. The average Bonchev–Trinajstić information content (AvgIpc) is 2.89. The van der Waals surface area contributed by atoms with Crippen molar-refractivity contribution in [3.63, 3.8) is 0 Å². The third kappa shape index (κ3) is 2.59. The molecule has 1 aromatic heterocycles. The molecule has 1 atom stereocenters. The van der Waals surface area contributed by atoms with Gasteiger partial charge in [-0.25, -0.2) is 9.18 Å². The first-order valence-corrected chi connectivity index (χ1v) is 6.87. The summed E-state index contributed by atoms with van der Waals surface area (Å²) in [5.41, 5.74) is 1.68. The Labute approximate surface area is 122 Å². The highest BCUT2D eigenvalue weighted by atomic mass is 19.1. The second-order valence-electron chi connectivity index (χ2n) is 4.93. The molecule has 0 spiro atoms. The zero-order chi connectivity index (χ0) is 14.8. The third-order valence-electron chi connectivity index (χ3n) is 3.57. The monoisotopic (exact) mass is 286 g/mol. The van der Waals surface area contributed by atoms with E-state index in [0.29, 0.717) is 23.4 Å².